The Morgan fingerprint density at radius 3 is 2.32 bits per heavy atom. The Labute approximate surface area is 128 Å². The number of aliphatic hydroxyl groups excluding tert-OH is 5. The second-order valence-electron chi connectivity index (χ2n) is 5.60. The first-order valence-corrected chi connectivity index (χ1v) is 7.21. The zero-order valence-corrected chi connectivity index (χ0v) is 12.5. The molecule has 0 aliphatic carbocycles. The first-order chi connectivity index (χ1) is 10.4. The van der Waals surface area contributed by atoms with Crippen LogP contribution in [0.5, 0.6) is 0 Å². The molecule has 0 aromatic rings. The minimum absolute atomic E-state index is 0.183. The lowest BCUT2D eigenvalue weighted by atomic mass is 9.98. The number of rotatable bonds is 4. The van der Waals surface area contributed by atoms with Gasteiger partial charge >= 0.3 is 0 Å². The standard InChI is InChI=1S/C13H24O9/c1-5-12(6(19-2)3-8(15)20-5)22-13-11(18)10(17)9(16)7(4-14)21-13/h5-18H,3-4H2,1-2H3/t5-,6-,7+,8-,9+,10-,11+,12-,13-/m1/s1. The molecule has 0 radical (unpaired) electrons. The van der Waals surface area contributed by atoms with Crippen LogP contribution in [0, 0.1) is 0 Å². The van der Waals surface area contributed by atoms with E-state index >= 15 is 0 Å². The van der Waals surface area contributed by atoms with E-state index in [1.807, 2.05) is 0 Å². The predicted molar refractivity (Wildman–Crippen MR) is 70.6 cm³/mol. The van der Waals surface area contributed by atoms with Crippen molar-refractivity contribution in [2.45, 2.75) is 68.7 Å². The Bertz CT molecular complexity index is 352. The highest BCUT2D eigenvalue weighted by atomic mass is 16.7. The van der Waals surface area contributed by atoms with Crippen molar-refractivity contribution >= 4 is 0 Å². The SMILES string of the molecule is CO[C@@H]1C[C@H](O)O[C@H](C)[C@H]1O[C@H]1O[C@@H](CO)[C@H](O)[C@@H](O)[C@@H]1O. The van der Waals surface area contributed by atoms with Gasteiger partial charge in [0.05, 0.1) is 18.8 Å². The van der Waals surface area contributed by atoms with E-state index in [1.54, 1.807) is 6.92 Å². The number of hydrogen-bond acceptors (Lipinski definition) is 9. The fourth-order valence-electron chi connectivity index (χ4n) is 2.78. The van der Waals surface area contributed by atoms with Crippen molar-refractivity contribution in [3.63, 3.8) is 0 Å². The highest BCUT2D eigenvalue weighted by molar-refractivity contribution is 4.91. The van der Waals surface area contributed by atoms with E-state index in [0.29, 0.717) is 0 Å². The third-order valence-electron chi connectivity index (χ3n) is 4.08. The van der Waals surface area contributed by atoms with Crippen LogP contribution in [0.4, 0.5) is 0 Å². The van der Waals surface area contributed by atoms with Crippen LogP contribution in [0.25, 0.3) is 0 Å². The molecule has 0 bridgehead atoms. The number of ether oxygens (including phenoxy) is 4. The Morgan fingerprint density at radius 1 is 1.05 bits per heavy atom. The van der Waals surface area contributed by atoms with Crippen LogP contribution in [0.1, 0.15) is 13.3 Å². The van der Waals surface area contributed by atoms with E-state index in [0.717, 1.165) is 0 Å². The smallest absolute Gasteiger partial charge is 0.187 e. The molecule has 2 aliphatic heterocycles. The van der Waals surface area contributed by atoms with Crippen LogP contribution < -0.4 is 0 Å². The molecular formula is C13H24O9. The molecule has 2 saturated heterocycles. The first kappa shape index (κ1) is 18.0. The van der Waals surface area contributed by atoms with Crippen LogP contribution in [-0.4, -0.2) is 94.6 Å². The lowest BCUT2D eigenvalue weighted by Crippen LogP contribution is -2.61. The molecule has 0 aromatic carbocycles. The normalized spacial score (nSPS) is 50.0. The van der Waals surface area contributed by atoms with E-state index in [-0.39, 0.29) is 6.42 Å². The molecule has 0 aromatic heterocycles. The summed E-state index contributed by atoms with van der Waals surface area (Å²) in [5.41, 5.74) is 0. The molecule has 0 spiro atoms. The largest absolute Gasteiger partial charge is 0.394 e. The van der Waals surface area contributed by atoms with Crippen LogP contribution in [0.3, 0.4) is 0 Å². The van der Waals surface area contributed by atoms with Gasteiger partial charge in [-0.15, -0.1) is 0 Å². The highest BCUT2D eigenvalue weighted by Gasteiger charge is 2.47. The van der Waals surface area contributed by atoms with E-state index in [1.165, 1.54) is 7.11 Å². The second kappa shape index (κ2) is 7.47. The van der Waals surface area contributed by atoms with Crippen molar-refractivity contribution in [2.24, 2.45) is 0 Å². The Kier molecular flexibility index (Phi) is 6.11. The predicted octanol–water partition coefficient (Wildman–Crippen LogP) is -2.69. The van der Waals surface area contributed by atoms with Gasteiger partial charge in [0.2, 0.25) is 0 Å². The molecule has 0 unspecified atom stereocenters. The van der Waals surface area contributed by atoms with Crippen LogP contribution in [0.15, 0.2) is 0 Å². The Hall–Kier alpha value is -0.360. The van der Waals surface area contributed by atoms with Gasteiger partial charge in [0.15, 0.2) is 12.6 Å². The van der Waals surface area contributed by atoms with Gasteiger partial charge in [0.25, 0.3) is 0 Å². The summed E-state index contributed by atoms with van der Waals surface area (Å²) in [4.78, 5) is 0. The minimum Gasteiger partial charge on any atom is -0.394 e. The van der Waals surface area contributed by atoms with Crippen molar-refractivity contribution in [1.29, 1.82) is 0 Å². The molecular weight excluding hydrogens is 300 g/mol. The van der Waals surface area contributed by atoms with Crippen molar-refractivity contribution in [1.82, 2.24) is 0 Å². The summed E-state index contributed by atoms with van der Waals surface area (Å²) in [5.74, 6) is 0. The number of hydrogen-bond donors (Lipinski definition) is 5. The third kappa shape index (κ3) is 3.58. The summed E-state index contributed by atoms with van der Waals surface area (Å²) in [6.45, 7) is 1.14. The van der Waals surface area contributed by atoms with Gasteiger partial charge in [0.1, 0.15) is 30.5 Å². The third-order valence-corrected chi connectivity index (χ3v) is 4.08. The zero-order chi connectivity index (χ0) is 16.4. The van der Waals surface area contributed by atoms with Crippen molar-refractivity contribution in [2.75, 3.05) is 13.7 Å². The molecule has 0 amide bonds. The number of methoxy groups -OCH3 is 1. The van der Waals surface area contributed by atoms with E-state index in [4.69, 9.17) is 24.1 Å². The topological polar surface area (TPSA) is 138 Å². The highest BCUT2D eigenvalue weighted by Crippen LogP contribution is 2.29. The van der Waals surface area contributed by atoms with Crippen LogP contribution in [0.2, 0.25) is 0 Å². The molecule has 130 valence electrons. The van der Waals surface area contributed by atoms with Crippen LogP contribution in [-0.2, 0) is 18.9 Å². The van der Waals surface area contributed by atoms with E-state index < -0.39 is 61.9 Å². The van der Waals surface area contributed by atoms with E-state index in [2.05, 4.69) is 0 Å². The lowest BCUT2D eigenvalue weighted by molar-refractivity contribution is -0.340. The summed E-state index contributed by atoms with van der Waals surface area (Å²) >= 11 is 0. The average Bonchev–Trinajstić information content (AvgIpc) is 2.49. The van der Waals surface area contributed by atoms with Crippen molar-refractivity contribution in [3.8, 4) is 0 Å². The summed E-state index contributed by atoms with van der Waals surface area (Å²) in [5, 5.41) is 48.2. The summed E-state index contributed by atoms with van der Waals surface area (Å²) in [7, 11) is 1.46. The van der Waals surface area contributed by atoms with Gasteiger partial charge in [-0.05, 0) is 6.92 Å². The molecule has 2 rings (SSSR count). The maximum Gasteiger partial charge on any atom is 0.187 e. The quantitative estimate of drug-likeness (QED) is 0.374. The Morgan fingerprint density at radius 2 is 1.73 bits per heavy atom. The molecule has 9 nitrogen and oxygen atoms in total. The molecule has 2 fully saturated rings. The molecule has 2 aliphatic rings. The van der Waals surface area contributed by atoms with Crippen molar-refractivity contribution in [3.05, 3.63) is 0 Å². The van der Waals surface area contributed by atoms with Gasteiger partial charge in [-0.25, -0.2) is 0 Å². The van der Waals surface area contributed by atoms with Gasteiger partial charge < -0.3 is 44.5 Å². The molecule has 5 N–H and O–H groups in total. The van der Waals surface area contributed by atoms with Crippen LogP contribution >= 0.6 is 0 Å². The summed E-state index contributed by atoms with van der Waals surface area (Å²) in [6.07, 6.45) is -9.24. The van der Waals surface area contributed by atoms with Gasteiger partial charge in [-0.1, -0.05) is 0 Å². The molecule has 9 atom stereocenters. The average molecular weight is 324 g/mol. The maximum absolute atomic E-state index is 9.98. The molecule has 9 heteroatoms. The second-order valence-corrected chi connectivity index (χ2v) is 5.60. The minimum atomic E-state index is -1.51. The summed E-state index contributed by atoms with van der Waals surface area (Å²) in [6, 6.07) is 0. The van der Waals surface area contributed by atoms with Gasteiger partial charge in [-0.3, -0.25) is 0 Å². The summed E-state index contributed by atoms with van der Waals surface area (Å²) < 4.78 is 21.5. The van der Waals surface area contributed by atoms with Gasteiger partial charge in [-0.2, -0.15) is 0 Å². The fraction of sp³-hybridized carbons (Fsp3) is 1.00. The van der Waals surface area contributed by atoms with Gasteiger partial charge in [0, 0.05) is 13.5 Å². The Balaban J connectivity index is 2.07. The zero-order valence-electron chi connectivity index (χ0n) is 12.5. The number of aliphatic hydroxyl groups is 5. The van der Waals surface area contributed by atoms with Crippen molar-refractivity contribution < 1.29 is 44.5 Å². The van der Waals surface area contributed by atoms with E-state index in [9.17, 15) is 20.4 Å². The fourth-order valence-corrected chi connectivity index (χ4v) is 2.78. The maximum atomic E-state index is 9.98. The monoisotopic (exact) mass is 324 g/mol. The first-order valence-electron chi connectivity index (χ1n) is 7.21. The molecule has 22 heavy (non-hydrogen) atoms. The molecule has 0 saturated carbocycles. The molecule has 2 heterocycles. The lowest BCUT2D eigenvalue weighted by Gasteiger charge is -2.44.